The minimum absolute atomic E-state index is 0.142. The Kier molecular flexibility index (Phi) is 4.36. The number of hydrogen-bond donors (Lipinski definition) is 2. The minimum Gasteiger partial charge on any atom is -0.396 e. The summed E-state index contributed by atoms with van der Waals surface area (Å²) >= 11 is 3.66. The third-order valence-electron chi connectivity index (χ3n) is 4.91. The summed E-state index contributed by atoms with van der Waals surface area (Å²) in [6, 6.07) is 4.41. The first-order valence-electron chi connectivity index (χ1n) is 8.11. The molecule has 0 fully saturated rings. The van der Waals surface area contributed by atoms with Gasteiger partial charge in [-0.25, -0.2) is 0 Å². The van der Waals surface area contributed by atoms with E-state index in [4.69, 9.17) is 4.74 Å². The highest BCUT2D eigenvalue weighted by atomic mass is 79.9. The summed E-state index contributed by atoms with van der Waals surface area (Å²) in [4.78, 5) is 3.66. The van der Waals surface area contributed by atoms with Gasteiger partial charge in [-0.2, -0.15) is 0 Å². The molecule has 2 N–H and O–H groups in total. The maximum absolute atomic E-state index is 9.50. The molecule has 1 aliphatic heterocycles. The number of benzene rings is 1. The van der Waals surface area contributed by atoms with Gasteiger partial charge in [0.1, 0.15) is 5.60 Å². The highest BCUT2D eigenvalue weighted by molar-refractivity contribution is 9.10. The molecule has 1 atom stereocenters. The van der Waals surface area contributed by atoms with Crippen LogP contribution in [0.4, 0.5) is 0 Å². The number of aromatic amines is 1. The predicted molar refractivity (Wildman–Crippen MR) is 93.4 cm³/mol. The average molecular weight is 366 g/mol. The summed E-state index contributed by atoms with van der Waals surface area (Å²) in [5, 5.41) is 10.8. The quantitative estimate of drug-likeness (QED) is 0.830. The molecule has 4 heteroatoms. The topological polar surface area (TPSA) is 45.2 Å². The van der Waals surface area contributed by atoms with E-state index >= 15 is 0 Å². The van der Waals surface area contributed by atoms with E-state index < -0.39 is 0 Å². The molecule has 0 radical (unpaired) electrons. The average Bonchev–Trinajstić information content (AvgIpc) is 2.86. The summed E-state index contributed by atoms with van der Waals surface area (Å²) < 4.78 is 7.26. The number of hydrogen-bond acceptors (Lipinski definition) is 2. The fraction of sp³-hybridized carbons (Fsp3) is 0.556. The van der Waals surface area contributed by atoms with Gasteiger partial charge in [-0.05, 0) is 42.0 Å². The Morgan fingerprint density at radius 1 is 1.41 bits per heavy atom. The Morgan fingerprint density at radius 3 is 2.82 bits per heavy atom. The molecule has 0 amide bonds. The number of aliphatic hydroxyl groups is 1. The van der Waals surface area contributed by atoms with E-state index in [-0.39, 0.29) is 12.2 Å². The summed E-state index contributed by atoms with van der Waals surface area (Å²) in [5.74, 6) is 0.454. The van der Waals surface area contributed by atoms with Crippen LogP contribution in [0.5, 0.6) is 0 Å². The normalized spacial score (nSPS) is 21.5. The van der Waals surface area contributed by atoms with Gasteiger partial charge in [0.25, 0.3) is 0 Å². The molecule has 1 aromatic heterocycles. The van der Waals surface area contributed by atoms with Crippen LogP contribution in [-0.2, 0) is 16.8 Å². The fourth-order valence-electron chi connectivity index (χ4n) is 3.70. The summed E-state index contributed by atoms with van der Waals surface area (Å²) in [5.41, 5.74) is 4.71. The van der Waals surface area contributed by atoms with Crippen LogP contribution in [0, 0.1) is 0 Å². The van der Waals surface area contributed by atoms with Crippen molar-refractivity contribution >= 4 is 26.8 Å². The first-order valence-corrected chi connectivity index (χ1v) is 8.91. The molecule has 0 aliphatic carbocycles. The van der Waals surface area contributed by atoms with E-state index in [2.05, 4.69) is 53.8 Å². The number of halogens is 1. The van der Waals surface area contributed by atoms with Crippen LogP contribution in [0.1, 0.15) is 56.4 Å². The molecular weight excluding hydrogens is 342 g/mol. The number of ether oxygens (including phenoxy) is 1. The molecule has 120 valence electrons. The molecule has 1 unspecified atom stereocenters. The summed E-state index contributed by atoms with van der Waals surface area (Å²) in [7, 11) is 0. The van der Waals surface area contributed by atoms with E-state index in [1.54, 1.807) is 0 Å². The summed E-state index contributed by atoms with van der Waals surface area (Å²) in [6.07, 6.45) is 2.43. The van der Waals surface area contributed by atoms with Gasteiger partial charge < -0.3 is 14.8 Å². The smallest absolute Gasteiger partial charge is 0.110 e. The Hall–Kier alpha value is -0.840. The lowest BCUT2D eigenvalue weighted by Gasteiger charge is -2.36. The molecule has 2 heterocycles. The Balaban J connectivity index is 2.29. The third-order valence-corrected chi connectivity index (χ3v) is 5.36. The first kappa shape index (κ1) is 16.0. The zero-order valence-corrected chi connectivity index (χ0v) is 15.1. The largest absolute Gasteiger partial charge is 0.396 e. The van der Waals surface area contributed by atoms with Crippen LogP contribution < -0.4 is 0 Å². The van der Waals surface area contributed by atoms with Crippen LogP contribution in [-0.4, -0.2) is 23.3 Å². The van der Waals surface area contributed by atoms with Gasteiger partial charge >= 0.3 is 0 Å². The van der Waals surface area contributed by atoms with Crippen molar-refractivity contribution in [1.29, 1.82) is 0 Å². The highest BCUT2D eigenvalue weighted by Crippen LogP contribution is 2.43. The van der Waals surface area contributed by atoms with Crippen LogP contribution >= 0.6 is 15.9 Å². The molecule has 3 nitrogen and oxygen atoms in total. The molecule has 1 aromatic carbocycles. The molecule has 0 bridgehead atoms. The van der Waals surface area contributed by atoms with E-state index in [1.807, 2.05) is 0 Å². The maximum Gasteiger partial charge on any atom is 0.110 e. The number of H-pyrrole nitrogens is 1. The monoisotopic (exact) mass is 365 g/mol. The van der Waals surface area contributed by atoms with Gasteiger partial charge in [-0.3, -0.25) is 0 Å². The number of fused-ring (bicyclic) bond motifs is 3. The molecule has 0 spiro atoms. The van der Waals surface area contributed by atoms with Gasteiger partial charge in [0.05, 0.1) is 12.3 Å². The van der Waals surface area contributed by atoms with Gasteiger partial charge in [0, 0.05) is 28.4 Å². The fourth-order valence-corrected chi connectivity index (χ4v) is 4.17. The van der Waals surface area contributed by atoms with Gasteiger partial charge in [-0.15, -0.1) is 0 Å². The maximum atomic E-state index is 9.50. The Bertz CT molecular complexity index is 692. The predicted octanol–water partition coefficient (Wildman–Crippen LogP) is 4.61. The van der Waals surface area contributed by atoms with Crippen molar-refractivity contribution in [1.82, 2.24) is 4.98 Å². The van der Waals surface area contributed by atoms with Crippen molar-refractivity contribution in [2.45, 2.75) is 51.6 Å². The third kappa shape index (κ3) is 2.41. The van der Waals surface area contributed by atoms with Crippen molar-refractivity contribution in [3.05, 3.63) is 33.4 Å². The second kappa shape index (κ2) is 5.99. The van der Waals surface area contributed by atoms with Crippen molar-refractivity contribution < 1.29 is 9.84 Å². The van der Waals surface area contributed by atoms with E-state index in [1.165, 1.54) is 27.7 Å². The lowest BCUT2D eigenvalue weighted by Crippen LogP contribution is -2.36. The molecule has 0 saturated carbocycles. The van der Waals surface area contributed by atoms with Crippen LogP contribution in [0.25, 0.3) is 10.9 Å². The van der Waals surface area contributed by atoms with Crippen molar-refractivity contribution in [2.75, 3.05) is 13.2 Å². The van der Waals surface area contributed by atoms with E-state index in [0.29, 0.717) is 12.3 Å². The number of rotatable bonds is 4. The van der Waals surface area contributed by atoms with Crippen LogP contribution in [0.15, 0.2) is 16.6 Å². The lowest BCUT2D eigenvalue weighted by molar-refractivity contribution is -0.0795. The molecular formula is C18H24BrNO2. The number of aliphatic hydroxyl groups excluding tert-OH is 1. The second-order valence-corrected chi connectivity index (χ2v) is 7.39. The number of nitrogens with one attached hydrogen (secondary N) is 1. The molecule has 3 rings (SSSR count). The van der Waals surface area contributed by atoms with E-state index in [9.17, 15) is 5.11 Å². The molecule has 0 saturated heterocycles. The SMILES string of the molecule is CCC1(CCO)OCCc2c1[nH]c1c(C(C)C)cc(Br)cc21. The molecule has 1 aliphatic rings. The van der Waals surface area contributed by atoms with Crippen LogP contribution in [0.2, 0.25) is 0 Å². The Labute approximate surface area is 140 Å². The van der Waals surface area contributed by atoms with Crippen LogP contribution in [0.3, 0.4) is 0 Å². The first-order chi connectivity index (χ1) is 10.5. The summed E-state index contributed by atoms with van der Waals surface area (Å²) in [6.45, 7) is 7.44. The van der Waals surface area contributed by atoms with Crippen molar-refractivity contribution in [2.24, 2.45) is 0 Å². The number of aromatic nitrogens is 1. The second-order valence-electron chi connectivity index (χ2n) is 6.47. The van der Waals surface area contributed by atoms with Crippen molar-refractivity contribution in [3.63, 3.8) is 0 Å². The minimum atomic E-state index is -0.373. The van der Waals surface area contributed by atoms with Gasteiger partial charge in [0.2, 0.25) is 0 Å². The van der Waals surface area contributed by atoms with Gasteiger partial charge in [0.15, 0.2) is 0 Å². The lowest BCUT2D eigenvalue weighted by atomic mass is 9.86. The molecule has 2 aromatic rings. The Morgan fingerprint density at radius 2 is 2.18 bits per heavy atom. The zero-order valence-electron chi connectivity index (χ0n) is 13.5. The van der Waals surface area contributed by atoms with E-state index in [0.717, 1.165) is 23.9 Å². The van der Waals surface area contributed by atoms with Gasteiger partial charge in [-0.1, -0.05) is 36.7 Å². The van der Waals surface area contributed by atoms with Crippen molar-refractivity contribution in [3.8, 4) is 0 Å². The standard InChI is InChI=1S/C18H24BrNO2/c1-4-18(6-7-21)17-13(5-8-22-18)15-10-12(19)9-14(11(2)3)16(15)20-17/h9-11,20-21H,4-8H2,1-3H3. The zero-order chi connectivity index (χ0) is 15.9. The highest BCUT2D eigenvalue weighted by Gasteiger charge is 2.38. The molecule has 22 heavy (non-hydrogen) atoms.